The monoisotopic (exact) mass is 467 g/mol. The molecule has 0 fully saturated rings. The molecule has 0 amide bonds. The Balaban J connectivity index is 0.00000364. The molecule has 14 heteroatoms. The molecule has 10 nitrogen and oxygen atoms in total. The van der Waals surface area contributed by atoms with Gasteiger partial charge in [0.25, 0.3) is 30.4 Å². The van der Waals surface area contributed by atoms with Crippen LogP contribution in [0.1, 0.15) is 32.3 Å². The van der Waals surface area contributed by atoms with Crippen LogP contribution < -0.4 is 0 Å². The summed E-state index contributed by atoms with van der Waals surface area (Å²) < 4.78 is 96.5. The second kappa shape index (κ2) is 8.18. The van der Waals surface area contributed by atoms with E-state index in [9.17, 15) is 34.4 Å². The molecule has 0 saturated carbocycles. The summed E-state index contributed by atoms with van der Waals surface area (Å²) in [4.78, 5) is 2.18. The molecule has 0 spiro atoms. The van der Waals surface area contributed by atoms with Gasteiger partial charge in [0.15, 0.2) is 0 Å². The van der Waals surface area contributed by atoms with Crippen LogP contribution in [-0.2, 0) is 35.8 Å². The minimum absolute atomic E-state index is 0. The molecule has 3 N–H and O–H groups in total. The van der Waals surface area contributed by atoms with Crippen molar-refractivity contribution >= 4 is 93.1 Å². The first-order valence-electron chi connectivity index (χ1n) is 7.21. The fourth-order valence-corrected chi connectivity index (χ4v) is 5.67. The van der Waals surface area contributed by atoms with Crippen molar-refractivity contribution in [3.8, 4) is 0 Å². The number of aliphatic imine (C=N–C) groups is 1. The Morgan fingerprint density at radius 1 is 1.00 bits per heavy atom. The molecular weight excluding hydrogens is 449 g/mol. The maximum absolute atomic E-state index is 11.9. The Hall–Kier alpha value is 0.256. The molecule has 1 atom stereocenters. The van der Waals surface area contributed by atoms with Gasteiger partial charge in [-0.15, -0.1) is 0 Å². The molecule has 1 aromatic carbocycles. The fraction of sp³-hybridized carbons (Fsp3) is 0.462. The summed E-state index contributed by atoms with van der Waals surface area (Å²) >= 11 is 0. The first-order chi connectivity index (χ1) is 11.6. The average molecular weight is 468 g/mol. The second-order valence-electron chi connectivity index (χ2n) is 6.16. The third-order valence-electron chi connectivity index (χ3n) is 4.35. The van der Waals surface area contributed by atoms with E-state index >= 15 is 0 Å². The number of hydrogen-bond acceptors (Lipinski definition) is 7. The fourth-order valence-electron chi connectivity index (χ4n) is 3.04. The van der Waals surface area contributed by atoms with E-state index in [0.29, 0.717) is 5.71 Å². The Morgan fingerprint density at radius 3 is 2.00 bits per heavy atom. The van der Waals surface area contributed by atoms with Crippen LogP contribution in [0, 0.1) is 0 Å². The van der Waals surface area contributed by atoms with Crippen LogP contribution in [0.4, 0.5) is 5.69 Å². The first-order valence-corrected chi connectivity index (χ1v) is 11.7. The Morgan fingerprint density at radius 2 is 1.56 bits per heavy atom. The van der Waals surface area contributed by atoms with E-state index in [1.54, 1.807) is 0 Å². The van der Waals surface area contributed by atoms with Crippen LogP contribution in [0.2, 0.25) is 0 Å². The Labute approximate surface area is 200 Å². The van der Waals surface area contributed by atoms with Crippen molar-refractivity contribution in [1.29, 1.82) is 0 Å². The van der Waals surface area contributed by atoms with Crippen molar-refractivity contribution in [2.24, 2.45) is 4.99 Å². The molecule has 1 aliphatic rings. The van der Waals surface area contributed by atoms with Gasteiger partial charge in [-0.1, -0.05) is 6.92 Å². The zero-order valence-corrected chi connectivity index (χ0v) is 16.2. The molecule has 1 aliphatic heterocycles. The van der Waals surface area contributed by atoms with Gasteiger partial charge >= 0.3 is 51.4 Å². The quantitative estimate of drug-likeness (QED) is 0.398. The van der Waals surface area contributed by atoms with Crippen molar-refractivity contribution in [3.63, 3.8) is 0 Å². The van der Waals surface area contributed by atoms with Crippen molar-refractivity contribution in [1.82, 2.24) is 0 Å². The number of benzene rings is 1. The van der Waals surface area contributed by atoms with Crippen LogP contribution in [0.3, 0.4) is 0 Å². The van der Waals surface area contributed by atoms with Gasteiger partial charge in [0.1, 0.15) is 9.79 Å². The van der Waals surface area contributed by atoms with E-state index < -0.39 is 51.3 Å². The van der Waals surface area contributed by atoms with E-state index in [1.807, 2.05) is 0 Å². The Kier molecular flexibility index (Phi) is 7.66. The third kappa shape index (κ3) is 5.45. The van der Waals surface area contributed by atoms with Crippen molar-refractivity contribution in [2.75, 3.05) is 5.75 Å². The van der Waals surface area contributed by atoms with Gasteiger partial charge in [0.05, 0.1) is 11.4 Å². The summed E-state index contributed by atoms with van der Waals surface area (Å²) in [5, 5.41) is 0. The van der Waals surface area contributed by atoms with Crippen LogP contribution >= 0.6 is 0 Å². The van der Waals surface area contributed by atoms with E-state index in [1.165, 1.54) is 19.9 Å². The maximum atomic E-state index is 11.9. The zero-order chi connectivity index (χ0) is 20.1. The predicted molar refractivity (Wildman–Crippen MR) is 99.0 cm³/mol. The molecule has 0 bridgehead atoms. The molecule has 2 rings (SSSR count). The number of rotatable bonds is 6. The van der Waals surface area contributed by atoms with E-state index in [2.05, 4.69) is 4.99 Å². The topological polar surface area (TPSA) is 175 Å². The van der Waals surface area contributed by atoms with Crippen LogP contribution in [0.5, 0.6) is 0 Å². The van der Waals surface area contributed by atoms with Gasteiger partial charge in [0, 0.05) is 16.7 Å². The van der Waals surface area contributed by atoms with Crippen LogP contribution in [-0.4, -0.2) is 102 Å². The van der Waals surface area contributed by atoms with Gasteiger partial charge in [-0.25, -0.2) is 0 Å². The minimum atomic E-state index is -5.07. The standard InChI is InChI=1S/C13H17NO9S3.K.H/c1-8-13(2,6-3-7-24(15,16)17)11-9(14-8)4-5-10(25(18,19)20)12(11)26(21,22)23;;/h4-5H,3,6-7H2,1-2H3,(H,15,16,17)(H,18,19,20)(H,21,22,23);;. The summed E-state index contributed by atoms with van der Waals surface area (Å²) in [7, 11) is -14.3. The molecule has 1 heterocycles. The van der Waals surface area contributed by atoms with Gasteiger partial charge in [-0.3, -0.25) is 18.7 Å². The molecule has 0 saturated heterocycles. The number of hydrogen-bond donors (Lipinski definition) is 3. The molecule has 0 aromatic heterocycles. The summed E-state index contributed by atoms with van der Waals surface area (Å²) in [5.74, 6) is -0.593. The Bertz CT molecular complexity index is 1110. The van der Waals surface area contributed by atoms with E-state index in [-0.39, 0.29) is 75.5 Å². The summed E-state index contributed by atoms with van der Waals surface area (Å²) in [6.45, 7) is 3.04. The normalized spacial score (nSPS) is 20.0. The molecule has 0 radical (unpaired) electrons. The van der Waals surface area contributed by atoms with Crippen molar-refractivity contribution < 1.29 is 38.9 Å². The van der Waals surface area contributed by atoms with Gasteiger partial charge < -0.3 is 0 Å². The van der Waals surface area contributed by atoms with Crippen molar-refractivity contribution in [3.05, 3.63) is 17.7 Å². The molecule has 27 heavy (non-hydrogen) atoms. The first kappa shape index (κ1) is 25.3. The zero-order valence-electron chi connectivity index (χ0n) is 13.7. The predicted octanol–water partition coefficient (Wildman–Crippen LogP) is 0.563. The van der Waals surface area contributed by atoms with Crippen LogP contribution in [0.15, 0.2) is 26.9 Å². The number of nitrogens with zero attached hydrogens (tertiary/aromatic N) is 1. The molecule has 0 aliphatic carbocycles. The van der Waals surface area contributed by atoms with Crippen molar-refractivity contribution in [2.45, 2.75) is 41.9 Å². The van der Waals surface area contributed by atoms with Crippen LogP contribution in [0.25, 0.3) is 0 Å². The van der Waals surface area contributed by atoms with E-state index in [4.69, 9.17) is 4.55 Å². The third-order valence-corrected chi connectivity index (χ3v) is 7.12. The second-order valence-corrected chi connectivity index (χ2v) is 10.5. The average Bonchev–Trinajstić information content (AvgIpc) is 2.66. The van der Waals surface area contributed by atoms with Gasteiger partial charge in [-0.2, -0.15) is 25.3 Å². The molecule has 1 unspecified atom stereocenters. The summed E-state index contributed by atoms with van der Waals surface area (Å²) in [5.41, 5.74) is -0.939. The SMILES string of the molecule is CC1=Nc2ccc(S(=O)(=O)O)c(S(=O)(=O)O)c2C1(C)CCCS(=O)(=O)O.[KH]. The molecule has 1 aromatic rings. The number of fused-ring (bicyclic) bond motifs is 1. The van der Waals surface area contributed by atoms with E-state index in [0.717, 1.165) is 6.07 Å². The molecular formula is C13H18KNO9S3. The van der Waals surface area contributed by atoms with Gasteiger partial charge in [-0.05, 0) is 31.9 Å². The van der Waals surface area contributed by atoms with Gasteiger partial charge in [0.2, 0.25) is 0 Å². The molecule has 148 valence electrons. The summed E-state index contributed by atoms with van der Waals surface area (Å²) in [6.07, 6.45) is -0.0881. The summed E-state index contributed by atoms with van der Waals surface area (Å²) in [6, 6.07) is 2.00.